The fourth-order valence-corrected chi connectivity index (χ4v) is 4.66. The van der Waals surface area contributed by atoms with Gasteiger partial charge in [0.05, 0.1) is 11.0 Å². The third-order valence-electron chi connectivity index (χ3n) is 5.91. The van der Waals surface area contributed by atoms with Gasteiger partial charge in [0.25, 0.3) is 0 Å². The number of aromatic nitrogens is 2. The summed E-state index contributed by atoms with van der Waals surface area (Å²) >= 11 is 0. The van der Waals surface area contributed by atoms with E-state index in [0.717, 1.165) is 41.7 Å². The molecule has 1 aliphatic carbocycles. The molecule has 0 aliphatic heterocycles. The van der Waals surface area contributed by atoms with Crippen LogP contribution in [0, 0.1) is 0 Å². The number of nitrogens with one attached hydrogen (secondary N) is 2. The molecule has 1 heterocycles. The highest BCUT2D eigenvalue weighted by Crippen LogP contribution is 2.41. The molecule has 3 N–H and O–H groups in total. The lowest BCUT2D eigenvalue weighted by atomic mass is 9.70. The Labute approximate surface area is 165 Å². The maximum atomic E-state index is 11.8. The highest BCUT2D eigenvalue weighted by molar-refractivity contribution is 5.77. The molecule has 5 nitrogen and oxygen atoms in total. The SMILES string of the molecule is CC(=O)NC1(C)CCCCC1c1ccc2nc(Cc3cccc(O)c3)[nH]c2c1. The first kappa shape index (κ1) is 18.5. The molecular formula is C23H27N3O2. The Morgan fingerprint density at radius 2 is 2.14 bits per heavy atom. The molecule has 5 heteroatoms. The zero-order valence-corrected chi connectivity index (χ0v) is 16.5. The fourth-order valence-electron chi connectivity index (χ4n) is 4.66. The minimum atomic E-state index is -0.206. The van der Waals surface area contributed by atoms with Gasteiger partial charge in [0.2, 0.25) is 5.91 Å². The van der Waals surface area contributed by atoms with E-state index in [1.54, 1.807) is 19.1 Å². The molecule has 28 heavy (non-hydrogen) atoms. The van der Waals surface area contributed by atoms with Crippen LogP contribution in [0.4, 0.5) is 0 Å². The van der Waals surface area contributed by atoms with Gasteiger partial charge in [-0.05, 0) is 55.2 Å². The summed E-state index contributed by atoms with van der Waals surface area (Å²) in [5.41, 5.74) is 4.02. The zero-order valence-electron chi connectivity index (χ0n) is 16.5. The fraction of sp³-hybridized carbons (Fsp3) is 0.391. The first-order chi connectivity index (χ1) is 13.4. The molecule has 1 saturated carbocycles. The molecule has 1 fully saturated rings. The van der Waals surface area contributed by atoms with Crippen LogP contribution < -0.4 is 5.32 Å². The first-order valence-corrected chi connectivity index (χ1v) is 9.98. The maximum absolute atomic E-state index is 11.8. The number of aromatic hydroxyl groups is 1. The average molecular weight is 377 g/mol. The van der Waals surface area contributed by atoms with Gasteiger partial charge in [0.15, 0.2) is 0 Å². The normalized spacial score (nSPS) is 22.3. The van der Waals surface area contributed by atoms with Crippen LogP contribution in [0.25, 0.3) is 11.0 Å². The lowest BCUT2D eigenvalue weighted by molar-refractivity contribution is -0.121. The Balaban J connectivity index is 1.63. The number of hydrogen-bond acceptors (Lipinski definition) is 3. The van der Waals surface area contributed by atoms with Gasteiger partial charge in [-0.2, -0.15) is 0 Å². The molecule has 2 aromatic carbocycles. The molecule has 1 amide bonds. The third kappa shape index (κ3) is 3.75. The lowest BCUT2D eigenvalue weighted by Crippen LogP contribution is -2.51. The largest absolute Gasteiger partial charge is 0.508 e. The van der Waals surface area contributed by atoms with Crippen LogP contribution >= 0.6 is 0 Å². The molecule has 3 aromatic rings. The molecule has 2 unspecified atom stereocenters. The summed E-state index contributed by atoms with van der Waals surface area (Å²) in [5, 5.41) is 12.9. The number of rotatable bonds is 4. The topological polar surface area (TPSA) is 78.0 Å². The number of amides is 1. The number of fused-ring (bicyclic) bond motifs is 1. The van der Waals surface area contributed by atoms with E-state index in [-0.39, 0.29) is 17.2 Å². The molecular weight excluding hydrogens is 350 g/mol. The predicted octanol–water partition coefficient (Wildman–Crippen LogP) is 4.41. The summed E-state index contributed by atoms with van der Waals surface area (Å²) in [5.74, 6) is 1.48. The van der Waals surface area contributed by atoms with E-state index in [4.69, 9.17) is 4.98 Å². The number of carbonyl (C=O) groups excluding carboxylic acids is 1. The minimum absolute atomic E-state index is 0.0328. The smallest absolute Gasteiger partial charge is 0.217 e. The van der Waals surface area contributed by atoms with Crippen LogP contribution in [-0.4, -0.2) is 26.5 Å². The minimum Gasteiger partial charge on any atom is -0.508 e. The predicted molar refractivity (Wildman–Crippen MR) is 110 cm³/mol. The van der Waals surface area contributed by atoms with Crippen molar-refractivity contribution in [3.8, 4) is 5.75 Å². The first-order valence-electron chi connectivity index (χ1n) is 9.98. The number of imidazole rings is 1. The molecule has 1 aromatic heterocycles. The Morgan fingerprint density at radius 1 is 1.29 bits per heavy atom. The van der Waals surface area contributed by atoms with Gasteiger partial charge in [-0.15, -0.1) is 0 Å². The van der Waals surface area contributed by atoms with E-state index in [1.165, 1.54) is 12.0 Å². The summed E-state index contributed by atoms with van der Waals surface area (Å²) in [6.07, 6.45) is 5.05. The van der Waals surface area contributed by atoms with E-state index in [9.17, 15) is 9.90 Å². The van der Waals surface area contributed by atoms with Gasteiger partial charge >= 0.3 is 0 Å². The van der Waals surface area contributed by atoms with Crippen molar-refractivity contribution in [1.82, 2.24) is 15.3 Å². The van der Waals surface area contributed by atoms with E-state index in [0.29, 0.717) is 12.3 Å². The molecule has 2 atom stereocenters. The van der Waals surface area contributed by atoms with Gasteiger partial charge in [-0.3, -0.25) is 4.79 Å². The molecule has 0 radical (unpaired) electrons. The van der Waals surface area contributed by atoms with Crippen LogP contribution in [-0.2, 0) is 11.2 Å². The highest BCUT2D eigenvalue weighted by Gasteiger charge is 2.38. The van der Waals surface area contributed by atoms with Crippen molar-refractivity contribution >= 4 is 16.9 Å². The standard InChI is InChI=1S/C23H27N3O2/c1-15(27)26-23(2)11-4-3-8-19(23)17-9-10-20-21(14-17)25-22(24-20)13-16-6-5-7-18(28)12-16/h5-7,9-10,12,14,19,28H,3-4,8,11,13H2,1-2H3,(H,24,25)(H,26,27). The van der Waals surface area contributed by atoms with Gasteiger partial charge in [-0.25, -0.2) is 4.98 Å². The lowest BCUT2D eigenvalue weighted by Gasteiger charge is -2.42. The zero-order chi connectivity index (χ0) is 19.7. The Bertz CT molecular complexity index is 1010. The van der Waals surface area contributed by atoms with Crippen LogP contribution in [0.5, 0.6) is 5.75 Å². The summed E-state index contributed by atoms with van der Waals surface area (Å²) in [6, 6.07) is 13.7. The number of H-pyrrole nitrogens is 1. The molecule has 1 aliphatic rings. The van der Waals surface area contributed by atoms with Gasteiger partial charge in [0, 0.05) is 24.8 Å². The second-order valence-electron chi connectivity index (χ2n) is 8.20. The van der Waals surface area contributed by atoms with Crippen LogP contribution in [0.3, 0.4) is 0 Å². The van der Waals surface area contributed by atoms with Crippen LogP contribution in [0.1, 0.15) is 62.4 Å². The molecule has 0 spiro atoms. The number of hydrogen-bond donors (Lipinski definition) is 3. The second-order valence-corrected chi connectivity index (χ2v) is 8.20. The number of aromatic amines is 1. The average Bonchev–Trinajstić information content (AvgIpc) is 3.02. The van der Waals surface area contributed by atoms with Crippen molar-refractivity contribution in [3.05, 3.63) is 59.4 Å². The van der Waals surface area contributed by atoms with Crippen LogP contribution in [0.15, 0.2) is 42.5 Å². The number of benzene rings is 2. The summed E-state index contributed by atoms with van der Waals surface area (Å²) < 4.78 is 0. The van der Waals surface area contributed by atoms with Crippen molar-refractivity contribution < 1.29 is 9.90 Å². The van der Waals surface area contributed by atoms with Gasteiger partial charge < -0.3 is 15.4 Å². The van der Waals surface area contributed by atoms with Crippen molar-refractivity contribution in [2.45, 2.75) is 57.4 Å². The Kier molecular flexibility index (Phi) is 4.84. The number of nitrogens with zero attached hydrogens (tertiary/aromatic N) is 1. The van der Waals surface area contributed by atoms with E-state index in [2.05, 4.69) is 35.4 Å². The van der Waals surface area contributed by atoms with Crippen molar-refractivity contribution in [2.75, 3.05) is 0 Å². The third-order valence-corrected chi connectivity index (χ3v) is 5.91. The molecule has 0 bridgehead atoms. The summed E-state index contributed by atoms with van der Waals surface area (Å²) in [4.78, 5) is 19.9. The number of phenols is 1. The van der Waals surface area contributed by atoms with Gasteiger partial charge in [0.1, 0.15) is 11.6 Å². The van der Waals surface area contributed by atoms with Crippen molar-refractivity contribution in [1.29, 1.82) is 0 Å². The number of carbonyl (C=O) groups is 1. The molecule has 146 valence electrons. The van der Waals surface area contributed by atoms with Crippen molar-refractivity contribution in [3.63, 3.8) is 0 Å². The molecule has 4 rings (SSSR count). The Hall–Kier alpha value is -2.82. The quantitative estimate of drug-likeness (QED) is 0.630. The Morgan fingerprint density at radius 3 is 2.93 bits per heavy atom. The van der Waals surface area contributed by atoms with Gasteiger partial charge in [-0.1, -0.05) is 31.0 Å². The maximum Gasteiger partial charge on any atom is 0.217 e. The number of phenolic OH excluding ortho intramolecular Hbond substituents is 1. The van der Waals surface area contributed by atoms with Crippen molar-refractivity contribution in [2.24, 2.45) is 0 Å². The second kappa shape index (κ2) is 7.30. The molecule has 0 saturated heterocycles. The monoisotopic (exact) mass is 377 g/mol. The summed E-state index contributed by atoms with van der Waals surface area (Å²) in [6.45, 7) is 3.77. The highest BCUT2D eigenvalue weighted by atomic mass is 16.3. The van der Waals surface area contributed by atoms with E-state index >= 15 is 0 Å². The van der Waals surface area contributed by atoms with E-state index in [1.807, 2.05) is 12.1 Å². The van der Waals surface area contributed by atoms with Crippen LogP contribution in [0.2, 0.25) is 0 Å². The van der Waals surface area contributed by atoms with E-state index < -0.39 is 0 Å². The summed E-state index contributed by atoms with van der Waals surface area (Å²) in [7, 11) is 0.